The average molecular weight is 585 g/mol. The molecule has 0 aliphatic carbocycles. The maximum atomic E-state index is 6.37. The molecule has 210 valence electrons. The van der Waals surface area contributed by atoms with E-state index in [1.165, 1.54) is 81.6 Å². The first-order chi connectivity index (χ1) is 22.8. The second kappa shape index (κ2) is 7.17. The second-order valence-corrected chi connectivity index (χ2v) is 12.9. The molecular formula is C42H20N2O2. The molecule has 0 saturated carbocycles. The van der Waals surface area contributed by atoms with Crippen LogP contribution < -0.4 is 0 Å². The molecule has 6 heterocycles. The SMILES string of the molecule is c1ccc2c(c1)oc1cc3c(cc12)c1cccc2c4cc5c(cc4n3c12)c1cccc2c3cc4oc6ccccc6c4cc3n5c21. The molecule has 13 aromatic rings. The molecule has 0 spiro atoms. The van der Waals surface area contributed by atoms with E-state index in [1.54, 1.807) is 0 Å². The number of para-hydroxylation sites is 4. The Bertz CT molecular complexity index is 3480. The van der Waals surface area contributed by atoms with Crippen LogP contribution in [0.25, 0.3) is 120 Å². The largest absolute Gasteiger partial charge is 0.456 e. The summed E-state index contributed by atoms with van der Waals surface area (Å²) in [6.45, 7) is 0. The molecule has 0 atom stereocenters. The zero-order chi connectivity index (χ0) is 29.4. The molecule has 0 aliphatic rings. The summed E-state index contributed by atoms with van der Waals surface area (Å²) in [7, 11) is 0. The highest BCUT2D eigenvalue weighted by atomic mass is 16.3. The van der Waals surface area contributed by atoms with Gasteiger partial charge < -0.3 is 17.6 Å². The van der Waals surface area contributed by atoms with E-state index in [-0.39, 0.29) is 0 Å². The van der Waals surface area contributed by atoms with Gasteiger partial charge >= 0.3 is 0 Å². The highest BCUT2D eigenvalue weighted by Gasteiger charge is 2.23. The summed E-state index contributed by atoms with van der Waals surface area (Å²) >= 11 is 0. The molecule has 0 saturated heterocycles. The molecule has 0 fully saturated rings. The van der Waals surface area contributed by atoms with Crippen LogP contribution >= 0.6 is 0 Å². The van der Waals surface area contributed by atoms with Gasteiger partial charge in [0, 0.05) is 70.7 Å². The summed E-state index contributed by atoms with van der Waals surface area (Å²) in [6.07, 6.45) is 0. The van der Waals surface area contributed by atoms with Crippen molar-refractivity contribution in [2.45, 2.75) is 0 Å². The van der Waals surface area contributed by atoms with Crippen LogP contribution in [0, 0.1) is 0 Å². The lowest BCUT2D eigenvalue weighted by Crippen LogP contribution is -1.83. The van der Waals surface area contributed by atoms with Gasteiger partial charge in [0.1, 0.15) is 22.3 Å². The third-order valence-corrected chi connectivity index (χ3v) is 10.7. The number of nitrogens with zero attached hydrogens (tertiary/aromatic N) is 2. The van der Waals surface area contributed by atoms with Gasteiger partial charge in [0.2, 0.25) is 0 Å². The highest BCUT2D eigenvalue weighted by Crippen LogP contribution is 2.46. The molecule has 0 radical (unpaired) electrons. The van der Waals surface area contributed by atoms with Gasteiger partial charge in [0.15, 0.2) is 0 Å². The molecule has 46 heavy (non-hydrogen) atoms. The fourth-order valence-electron chi connectivity index (χ4n) is 8.88. The summed E-state index contributed by atoms with van der Waals surface area (Å²) in [6, 6.07) is 44.2. The molecule has 6 aromatic heterocycles. The van der Waals surface area contributed by atoms with Crippen molar-refractivity contribution in [3.8, 4) is 0 Å². The monoisotopic (exact) mass is 584 g/mol. The Morgan fingerprint density at radius 2 is 0.674 bits per heavy atom. The number of hydrogen-bond acceptors (Lipinski definition) is 2. The van der Waals surface area contributed by atoms with Crippen molar-refractivity contribution < 1.29 is 8.83 Å². The lowest BCUT2D eigenvalue weighted by molar-refractivity contribution is 0.669. The first kappa shape index (κ1) is 22.3. The number of rotatable bonds is 0. The van der Waals surface area contributed by atoms with Gasteiger partial charge in [0.25, 0.3) is 0 Å². The Hall–Kier alpha value is -6.26. The van der Waals surface area contributed by atoms with E-state index < -0.39 is 0 Å². The van der Waals surface area contributed by atoms with Crippen LogP contribution in [0.1, 0.15) is 0 Å². The molecular weight excluding hydrogens is 564 g/mol. The van der Waals surface area contributed by atoms with Crippen molar-refractivity contribution in [2.24, 2.45) is 0 Å². The third-order valence-electron chi connectivity index (χ3n) is 10.7. The quantitative estimate of drug-likeness (QED) is 0.178. The van der Waals surface area contributed by atoms with E-state index in [9.17, 15) is 0 Å². The van der Waals surface area contributed by atoms with Crippen LogP contribution in [0.3, 0.4) is 0 Å². The molecule has 0 aliphatic heterocycles. The summed E-state index contributed by atoms with van der Waals surface area (Å²) in [5, 5.41) is 14.7. The van der Waals surface area contributed by atoms with Crippen molar-refractivity contribution >= 4 is 120 Å². The van der Waals surface area contributed by atoms with Crippen LogP contribution in [-0.4, -0.2) is 8.80 Å². The molecule has 4 heteroatoms. The number of furan rings is 2. The minimum Gasteiger partial charge on any atom is -0.456 e. The van der Waals surface area contributed by atoms with E-state index in [0.29, 0.717) is 0 Å². The zero-order valence-corrected chi connectivity index (χ0v) is 24.3. The van der Waals surface area contributed by atoms with Gasteiger partial charge in [-0.05, 0) is 42.5 Å². The van der Waals surface area contributed by atoms with Crippen molar-refractivity contribution in [3.05, 3.63) is 121 Å². The van der Waals surface area contributed by atoms with Gasteiger partial charge in [-0.1, -0.05) is 72.8 Å². The van der Waals surface area contributed by atoms with Crippen molar-refractivity contribution in [1.29, 1.82) is 0 Å². The van der Waals surface area contributed by atoms with Gasteiger partial charge in [-0.2, -0.15) is 0 Å². The van der Waals surface area contributed by atoms with Gasteiger partial charge in [-0.25, -0.2) is 0 Å². The Morgan fingerprint density at radius 1 is 0.283 bits per heavy atom. The smallest absolute Gasteiger partial charge is 0.137 e. The molecule has 7 aromatic carbocycles. The number of hydrogen-bond donors (Lipinski definition) is 0. The van der Waals surface area contributed by atoms with E-state index in [4.69, 9.17) is 8.83 Å². The summed E-state index contributed by atoms with van der Waals surface area (Å²) in [5.41, 5.74) is 11.1. The number of benzene rings is 7. The van der Waals surface area contributed by atoms with E-state index in [0.717, 1.165) is 38.5 Å². The summed E-state index contributed by atoms with van der Waals surface area (Å²) in [5.74, 6) is 0. The van der Waals surface area contributed by atoms with Crippen LogP contribution in [0.4, 0.5) is 0 Å². The van der Waals surface area contributed by atoms with E-state index in [2.05, 4.69) is 118 Å². The van der Waals surface area contributed by atoms with Crippen LogP contribution in [0.5, 0.6) is 0 Å². The van der Waals surface area contributed by atoms with Crippen LogP contribution in [0.15, 0.2) is 130 Å². The first-order valence-electron chi connectivity index (χ1n) is 15.8. The third kappa shape index (κ3) is 2.33. The van der Waals surface area contributed by atoms with Crippen molar-refractivity contribution in [1.82, 2.24) is 8.80 Å². The summed E-state index contributed by atoms with van der Waals surface area (Å²) < 4.78 is 17.6. The van der Waals surface area contributed by atoms with Gasteiger partial charge in [0.05, 0.1) is 33.1 Å². The fourth-order valence-corrected chi connectivity index (χ4v) is 8.88. The Labute approximate surface area is 258 Å². The summed E-state index contributed by atoms with van der Waals surface area (Å²) in [4.78, 5) is 0. The van der Waals surface area contributed by atoms with Gasteiger partial charge in [-0.3, -0.25) is 0 Å². The average Bonchev–Trinajstić information content (AvgIpc) is 3.92. The Balaban J connectivity index is 1.23. The molecule has 0 bridgehead atoms. The second-order valence-electron chi connectivity index (χ2n) is 12.9. The molecule has 4 nitrogen and oxygen atoms in total. The first-order valence-corrected chi connectivity index (χ1v) is 15.8. The normalized spacial score (nSPS) is 13.2. The predicted molar refractivity (Wildman–Crippen MR) is 190 cm³/mol. The minimum atomic E-state index is 0.925. The number of fused-ring (bicyclic) bond motifs is 18. The fraction of sp³-hybridized carbons (Fsp3) is 0. The topological polar surface area (TPSA) is 35.1 Å². The Morgan fingerprint density at radius 3 is 1.24 bits per heavy atom. The maximum absolute atomic E-state index is 6.37. The molecule has 0 N–H and O–H groups in total. The Kier molecular flexibility index (Phi) is 3.47. The van der Waals surface area contributed by atoms with Crippen LogP contribution in [0.2, 0.25) is 0 Å². The van der Waals surface area contributed by atoms with E-state index >= 15 is 0 Å². The zero-order valence-electron chi connectivity index (χ0n) is 24.3. The van der Waals surface area contributed by atoms with Crippen molar-refractivity contribution in [3.63, 3.8) is 0 Å². The standard InChI is InChI=1S/C42H20N2O2/c1-3-13-37-21(7-1)31-15-27-23-9-5-10-24-29-16-33-28(17-34(29)44(41(23)24)36(27)20-40(31)46-37)25-11-6-12-26-30-19-39-32(18-35(30)43(33)42(25)26)22-8-2-4-14-38(22)45-39/h1-20H. The minimum absolute atomic E-state index is 0.925. The molecule has 13 rings (SSSR count). The predicted octanol–water partition coefficient (Wildman–Crippen LogP) is 11.8. The molecule has 0 amide bonds. The lowest BCUT2D eigenvalue weighted by Gasteiger charge is -2.02. The van der Waals surface area contributed by atoms with Crippen LogP contribution in [-0.2, 0) is 0 Å². The maximum Gasteiger partial charge on any atom is 0.137 e. The number of aromatic nitrogens is 2. The van der Waals surface area contributed by atoms with E-state index in [1.807, 2.05) is 12.1 Å². The van der Waals surface area contributed by atoms with Crippen molar-refractivity contribution in [2.75, 3.05) is 0 Å². The lowest BCUT2D eigenvalue weighted by atomic mass is 10.0. The van der Waals surface area contributed by atoms with Gasteiger partial charge in [-0.15, -0.1) is 0 Å². The highest BCUT2D eigenvalue weighted by molar-refractivity contribution is 6.30. The molecule has 0 unspecified atom stereocenters.